The van der Waals surface area contributed by atoms with Gasteiger partial charge in [0.05, 0.1) is 18.2 Å². The van der Waals surface area contributed by atoms with E-state index in [0.717, 1.165) is 13.1 Å². The second-order valence-corrected chi connectivity index (χ2v) is 11.2. The van der Waals surface area contributed by atoms with Crippen molar-refractivity contribution in [2.75, 3.05) is 30.9 Å². The van der Waals surface area contributed by atoms with Crippen molar-refractivity contribution in [3.8, 4) is 0 Å². The number of aromatic nitrogens is 4. The van der Waals surface area contributed by atoms with Crippen molar-refractivity contribution in [1.29, 1.82) is 0 Å². The highest BCUT2D eigenvalue weighted by atomic mass is 35.5. The van der Waals surface area contributed by atoms with Gasteiger partial charge < -0.3 is 34.4 Å². The Balaban J connectivity index is 1.36. The van der Waals surface area contributed by atoms with E-state index in [1.54, 1.807) is 6.20 Å². The minimum Gasteiger partial charge on any atom is -0.387 e. The quantitative estimate of drug-likeness (QED) is 0.328. The first-order chi connectivity index (χ1) is 15.7. The molecular weight excluding hydrogens is 477 g/mol. The number of anilines is 1. The molecule has 12 nitrogen and oxygen atoms in total. The molecule has 2 saturated heterocycles. The molecule has 3 aliphatic rings. The molecule has 1 saturated carbocycles. The topological polar surface area (TPSA) is 163 Å². The fraction of sp³-hybridized carbons (Fsp3) is 0.737. The number of halogens is 1. The lowest BCUT2D eigenvalue weighted by molar-refractivity contribution is -0.0658. The smallest absolute Gasteiger partial charge is 0.350 e. The standard InChI is InChI=1S/C19H27ClN5O7P/c20-18-22-15(24-8-19(9-24)4-2-1-3-5-19)11-6-21-25(16(11)23-18)17-14(27)13(26)12(32-17)7-31-10-33(28,29)30/h6,12-14,17,26-27H,1-5,7-10H2,(H2,28,29,30)/t12-,13-,14-,17-/m1/s1. The van der Waals surface area contributed by atoms with Crippen LogP contribution in [0.2, 0.25) is 5.28 Å². The molecule has 1 aliphatic carbocycles. The van der Waals surface area contributed by atoms with E-state index in [-0.39, 0.29) is 11.9 Å². The van der Waals surface area contributed by atoms with Crippen LogP contribution < -0.4 is 4.90 Å². The number of hydrogen-bond donors (Lipinski definition) is 4. The molecule has 0 aromatic carbocycles. The molecule has 4 N–H and O–H groups in total. The zero-order chi connectivity index (χ0) is 23.4. The molecule has 0 bridgehead atoms. The second kappa shape index (κ2) is 8.69. The molecule has 4 atom stereocenters. The lowest BCUT2D eigenvalue weighted by Crippen LogP contribution is -2.57. The second-order valence-electron chi connectivity index (χ2n) is 9.27. The van der Waals surface area contributed by atoms with Gasteiger partial charge in [-0.1, -0.05) is 19.3 Å². The summed E-state index contributed by atoms with van der Waals surface area (Å²) in [5, 5.41) is 25.9. The average Bonchev–Trinajstić information content (AvgIpc) is 3.27. The Labute approximate surface area is 194 Å². The molecule has 0 amide bonds. The van der Waals surface area contributed by atoms with Crippen molar-refractivity contribution >= 4 is 36.0 Å². The van der Waals surface area contributed by atoms with Crippen LogP contribution in [0.1, 0.15) is 38.3 Å². The first kappa shape index (κ1) is 23.4. The van der Waals surface area contributed by atoms with E-state index in [2.05, 4.69) is 20.0 Å². The van der Waals surface area contributed by atoms with Gasteiger partial charge in [0.1, 0.15) is 30.5 Å². The lowest BCUT2D eigenvalue weighted by atomic mass is 9.68. The largest absolute Gasteiger partial charge is 0.387 e. The van der Waals surface area contributed by atoms with E-state index in [0.29, 0.717) is 22.3 Å². The zero-order valence-electron chi connectivity index (χ0n) is 17.8. The molecule has 33 heavy (non-hydrogen) atoms. The Kier molecular flexibility index (Phi) is 6.16. The summed E-state index contributed by atoms with van der Waals surface area (Å²) in [6.07, 6.45) is 2.23. The van der Waals surface area contributed by atoms with Gasteiger partial charge in [0, 0.05) is 18.5 Å². The first-order valence-electron chi connectivity index (χ1n) is 11.0. The van der Waals surface area contributed by atoms with Gasteiger partial charge in [-0.15, -0.1) is 0 Å². The van der Waals surface area contributed by atoms with Gasteiger partial charge in [-0.3, -0.25) is 4.57 Å². The summed E-state index contributed by atoms with van der Waals surface area (Å²) in [7, 11) is -4.36. The Morgan fingerprint density at radius 1 is 1.18 bits per heavy atom. The van der Waals surface area contributed by atoms with Crippen LogP contribution in [0.15, 0.2) is 6.20 Å². The molecule has 14 heteroatoms. The maximum absolute atomic E-state index is 11.0. The highest BCUT2D eigenvalue weighted by Gasteiger charge is 2.47. The molecule has 1 spiro atoms. The van der Waals surface area contributed by atoms with Crippen molar-refractivity contribution in [3.05, 3.63) is 11.5 Å². The van der Waals surface area contributed by atoms with Crippen LogP contribution in [0.3, 0.4) is 0 Å². The molecule has 2 aromatic heterocycles. The lowest BCUT2D eigenvalue weighted by Gasteiger charge is -2.53. The molecule has 0 radical (unpaired) electrons. The highest BCUT2D eigenvalue weighted by molar-refractivity contribution is 7.51. The van der Waals surface area contributed by atoms with Gasteiger partial charge >= 0.3 is 7.60 Å². The summed E-state index contributed by atoms with van der Waals surface area (Å²) in [6.45, 7) is 1.50. The van der Waals surface area contributed by atoms with Crippen LogP contribution in [0.4, 0.5) is 5.82 Å². The third kappa shape index (κ3) is 4.51. The molecule has 4 heterocycles. The SMILES string of the molecule is O=P(O)(O)COC[C@H]1O[C@@H](n2ncc3c(N4CC5(CCCCC5)C4)nc(Cl)nc32)[C@H](O)[C@@H]1O. The number of fused-ring (bicyclic) bond motifs is 1. The number of hydrogen-bond acceptors (Lipinski definition) is 9. The van der Waals surface area contributed by atoms with Gasteiger partial charge in [-0.25, -0.2) is 4.68 Å². The van der Waals surface area contributed by atoms with E-state index in [1.165, 1.54) is 36.8 Å². The minimum atomic E-state index is -4.36. The van der Waals surface area contributed by atoms with Gasteiger partial charge in [0.25, 0.3) is 0 Å². The number of rotatable bonds is 6. The van der Waals surface area contributed by atoms with Crippen LogP contribution in [0.25, 0.3) is 11.0 Å². The molecule has 3 fully saturated rings. The molecule has 182 valence electrons. The van der Waals surface area contributed by atoms with Crippen LogP contribution in [0, 0.1) is 5.41 Å². The monoisotopic (exact) mass is 503 g/mol. The zero-order valence-corrected chi connectivity index (χ0v) is 19.5. The molecule has 0 unspecified atom stereocenters. The summed E-state index contributed by atoms with van der Waals surface area (Å²) in [6, 6.07) is 0. The van der Waals surface area contributed by atoms with E-state index in [9.17, 15) is 14.8 Å². The van der Waals surface area contributed by atoms with Crippen LogP contribution in [-0.4, -0.2) is 84.1 Å². The number of ether oxygens (including phenoxy) is 2. The van der Waals surface area contributed by atoms with Gasteiger partial charge in [0.15, 0.2) is 11.9 Å². The van der Waals surface area contributed by atoms with E-state index < -0.39 is 38.5 Å². The summed E-state index contributed by atoms with van der Waals surface area (Å²) in [5.41, 5.74) is 0.704. The van der Waals surface area contributed by atoms with Crippen molar-refractivity contribution < 1.29 is 34.0 Å². The van der Waals surface area contributed by atoms with E-state index >= 15 is 0 Å². The summed E-state index contributed by atoms with van der Waals surface area (Å²) >= 11 is 6.23. The third-order valence-corrected chi connectivity index (χ3v) is 7.48. The highest BCUT2D eigenvalue weighted by Crippen LogP contribution is 2.46. The number of aliphatic hydroxyl groups is 2. The Morgan fingerprint density at radius 2 is 1.91 bits per heavy atom. The van der Waals surface area contributed by atoms with Crippen molar-refractivity contribution in [2.24, 2.45) is 5.41 Å². The van der Waals surface area contributed by atoms with Crippen molar-refractivity contribution in [3.63, 3.8) is 0 Å². The fourth-order valence-electron chi connectivity index (χ4n) is 5.20. The predicted octanol–water partition coefficient (Wildman–Crippen LogP) is 1.02. The Morgan fingerprint density at radius 3 is 2.61 bits per heavy atom. The normalized spacial score (nSPS) is 29.7. The summed E-state index contributed by atoms with van der Waals surface area (Å²) in [5.74, 6) is 0.682. The van der Waals surface area contributed by atoms with Gasteiger partial charge in [0.2, 0.25) is 5.28 Å². The maximum atomic E-state index is 11.0. The third-order valence-electron chi connectivity index (χ3n) is 6.79. The Hall–Kier alpha value is -1.37. The van der Waals surface area contributed by atoms with Crippen molar-refractivity contribution in [1.82, 2.24) is 19.7 Å². The number of nitrogens with zero attached hydrogens (tertiary/aromatic N) is 5. The van der Waals surface area contributed by atoms with E-state index in [1.807, 2.05) is 0 Å². The van der Waals surface area contributed by atoms with Gasteiger partial charge in [-0.2, -0.15) is 15.1 Å². The van der Waals surface area contributed by atoms with E-state index in [4.69, 9.17) is 30.9 Å². The van der Waals surface area contributed by atoms with Gasteiger partial charge in [-0.05, 0) is 24.4 Å². The molecule has 2 aliphatic heterocycles. The molecular formula is C19H27ClN5O7P. The maximum Gasteiger partial charge on any atom is 0.350 e. The first-order valence-corrected chi connectivity index (χ1v) is 13.1. The summed E-state index contributed by atoms with van der Waals surface area (Å²) < 4.78 is 23.0. The Bertz CT molecular complexity index is 1070. The molecule has 2 aromatic rings. The van der Waals surface area contributed by atoms with Crippen LogP contribution in [0.5, 0.6) is 0 Å². The average molecular weight is 504 g/mol. The molecule has 5 rings (SSSR count). The fourth-order valence-corrected chi connectivity index (χ4v) is 5.70. The van der Waals surface area contributed by atoms with Crippen molar-refractivity contribution in [2.45, 2.75) is 56.6 Å². The van der Waals surface area contributed by atoms with Crippen LogP contribution >= 0.6 is 19.2 Å². The van der Waals surface area contributed by atoms with Crippen LogP contribution in [-0.2, 0) is 14.0 Å². The summed E-state index contributed by atoms with van der Waals surface area (Å²) in [4.78, 5) is 28.7. The number of aliphatic hydroxyl groups excluding tert-OH is 2. The predicted molar refractivity (Wildman–Crippen MR) is 117 cm³/mol. The minimum absolute atomic E-state index is 0.0402.